The standard InChI is InChI=1S/C44H59NOSi/c1-41(2,3)30-19-21-31(22-20-30)46-32-23-24-33-36-26-37-35(27-39(36)44(10,11)38(33)25-32)34(29-17-15-14-16-18-29)28-40(37)47(12,13)45(42(4,5)6)43(7,8)9/h14-27,34-35,37,40H,28H2,1-13H3. The molecule has 0 amide bonds. The lowest BCUT2D eigenvalue weighted by atomic mass is 9.73. The topological polar surface area (TPSA) is 12.5 Å². The van der Waals surface area contributed by atoms with Crippen LogP contribution in [0.4, 0.5) is 0 Å². The molecule has 6 rings (SSSR count). The Morgan fingerprint density at radius 3 is 1.89 bits per heavy atom. The molecular weight excluding hydrogens is 587 g/mol. The fraction of sp³-hybridized carbons (Fsp3) is 0.500. The number of rotatable bonds is 5. The van der Waals surface area contributed by atoms with Crippen LogP contribution in [0, 0.1) is 11.8 Å². The highest BCUT2D eigenvalue weighted by Gasteiger charge is 2.57. The molecule has 250 valence electrons. The van der Waals surface area contributed by atoms with Crippen molar-refractivity contribution >= 4 is 13.8 Å². The van der Waals surface area contributed by atoms with Crippen LogP contribution < -0.4 is 4.74 Å². The Bertz CT molecular complexity index is 1670. The Hall–Kier alpha value is -2.88. The molecule has 2 nitrogen and oxygen atoms in total. The Morgan fingerprint density at radius 2 is 1.32 bits per heavy atom. The maximum Gasteiger partial charge on any atom is 0.127 e. The van der Waals surface area contributed by atoms with Gasteiger partial charge in [-0.05, 0) is 134 Å². The van der Waals surface area contributed by atoms with Gasteiger partial charge in [0.1, 0.15) is 19.7 Å². The van der Waals surface area contributed by atoms with Crippen molar-refractivity contribution in [2.75, 3.05) is 0 Å². The van der Waals surface area contributed by atoms with Crippen molar-refractivity contribution in [1.29, 1.82) is 0 Å². The summed E-state index contributed by atoms with van der Waals surface area (Å²) < 4.78 is 9.43. The normalized spacial score (nSPS) is 24.0. The molecule has 0 radical (unpaired) electrons. The smallest absolute Gasteiger partial charge is 0.127 e. The van der Waals surface area contributed by atoms with Gasteiger partial charge in [-0.15, -0.1) is 0 Å². The van der Waals surface area contributed by atoms with Gasteiger partial charge in [0, 0.05) is 16.5 Å². The minimum Gasteiger partial charge on any atom is -0.457 e. The molecule has 4 unspecified atom stereocenters. The highest BCUT2D eigenvalue weighted by molar-refractivity contribution is 6.76. The molecule has 1 saturated carbocycles. The molecule has 0 bridgehead atoms. The van der Waals surface area contributed by atoms with Gasteiger partial charge in [0.05, 0.1) is 0 Å². The average Bonchev–Trinajstić information content (AvgIpc) is 3.44. The largest absolute Gasteiger partial charge is 0.457 e. The van der Waals surface area contributed by atoms with E-state index < -0.39 is 8.24 Å². The Morgan fingerprint density at radius 1 is 0.723 bits per heavy atom. The van der Waals surface area contributed by atoms with Gasteiger partial charge in [-0.25, -0.2) is 0 Å². The van der Waals surface area contributed by atoms with Crippen LogP contribution in [0.5, 0.6) is 11.5 Å². The summed E-state index contributed by atoms with van der Waals surface area (Å²) in [6.07, 6.45) is 6.72. The van der Waals surface area contributed by atoms with Gasteiger partial charge in [-0.3, -0.25) is 0 Å². The van der Waals surface area contributed by atoms with E-state index in [2.05, 4.69) is 179 Å². The molecule has 4 atom stereocenters. The van der Waals surface area contributed by atoms with Crippen LogP contribution in [-0.2, 0) is 10.8 Å². The molecule has 0 spiro atoms. The quantitative estimate of drug-likeness (QED) is 0.256. The van der Waals surface area contributed by atoms with E-state index in [4.69, 9.17) is 4.74 Å². The molecule has 3 aromatic carbocycles. The van der Waals surface area contributed by atoms with E-state index in [-0.39, 0.29) is 21.9 Å². The Labute approximate surface area is 287 Å². The highest BCUT2D eigenvalue weighted by Crippen LogP contribution is 2.63. The summed E-state index contributed by atoms with van der Waals surface area (Å²) in [5.74, 6) is 3.36. The molecule has 47 heavy (non-hydrogen) atoms. The first-order valence-electron chi connectivity index (χ1n) is 17.9. The Kier molecular flexibility index (Phi) is 8.20. The van der Waals surface area contributed by atoms with Crippen LogP contribution in [0.1, 0.15) is 111 Å². The van der Waals surface area contributed by atoms with Crippen molar-refractivity contribution in [2.45, 2.75) is 129 Å². The maximum absolute atomic E-state index is 6.48. The third-order valence-electron chi connectivity index (χ3n) is 11.5. The van der Waals surface area contributed by atoms with E-state index in [9.17, 15) is 0 Å². The lowest BCUT2D eigenvalue weighted by molar-refractivity contribution is 0.122. The summed E-state index contributed by atoms with van der Waals surface area (Å²) in [6, 6.07) is 26.8. The summed E-state index contributed by atoms with van der Waals surface area (Å²) >= 11 is 0. The molecule has 0 aromatic heterocycles. The molecule has 1 fully saturated rings. The summed E-state index contributed by atoms with van der Waals surface area (Å²) in [5.41, 5.74) is 9.45. The predicted octanol–water partition coefficient (Wildman–Crippen LogP) is 12.3. The number of fused-ring (bicyclic) bond motifs is 4. The van der Waals surface area contributed by atoms with E-state index in [1.54, 1.807) is 0 Å². The monoisotopic (exact) mass is 645 g/mol. The summed E-state index contributed by atoms with van der Waals surface area (Å²) in [5, 5.41) is 0. The number of hydrogen-bond acceptors (Lipinski definition) is 2. The van der Waals surface area contributed by atoms with Crippen LogP contribution in [0.3, 0.4) is 0 Å². The molecule has 0 saturated heterocycles. The lowest BCUT2D eigenvalue weighted by Gasteiger charge is -2.57. The predicted molar refractivity (Wildman–Crippen MR) is 204 cm³/mol. The summed E-state index contributed by atoms with van der Waals surface area (Å²) in [6.45, 7) is 31.5. The first-order valence-corrected chi connectivity index (χ1v) is 21.0. The van der Waals surface area contributed by atoms with Gasteiger partial charge >= 0.3 is 0 Å². The first-order chi connectivity index (χ1) is 21.7. The van der Waals surface area contributed by atoms with Crippen molar-refractivity contribution in [3.63, 3.8) is 0 Å². The van der Waals surface area contributed by atoms with Crippen molar-refractivity contribution in [1.82, 2.24) is 4.57 Å². The second kappa shape index (κ2) is 11.3. The van der Waals surface area contributed by atoms with Gasteiger partial charge in [0.15, 0.2) is 0 Å². The number of nitrogens with zero attached hydrogens (tertiary/aromatic N) is 1. The fourth-order valence-electron chi connectivity index (χ4n) is 10.3. The summed E-state index contributed by atoms with van der Waals surface area (Å²) in [4.78, 5) is 0. The minimum absolute atomic E-state index is 0.0866. The zero-order valence-electron chi connectivity index (χ0n) is 31.5. The lowest BCUT2D eigenvalue weighted by Crippen LogP contribution is -2.67. The molecule has 3 heteroatoms. The van der Waals surface area contributed by atoms with Gasteiger partial charge in [-0.1, -0.05) is 108 Å². The number of benzene rings is 3. The number of allylic oxidation sites excluding steroid dienone is 4. The average molecular weight is 646 g/mol. The molecule has 0 heterocycles. The maximum atomic E-state index is 6.48. The number of ether oxygens (including phenoxy) is 1. The van der Waals surface area contributed by atoms with E-state index in [0.717, 1.165) is 11.5 Å². The first kappa shape index (κ1) is 34.0. The molecule has 3 aromatic rings. The van der Waals surface area contributed by atoms with Gasteiger partial charge in [0.2, 0.25) is 0 Å². The third-order valence-corrected chi connectivity index (χ3v) is 16.5. The van der Waals surface area contributed by atoms with Crippen LogP contribution in [-0.4, -0.2) is 23.9 Å². The zero-order chi connectivity index (χ0) is 34.3. The van der Waals surface area contributed by atoms with Crippen molar-refractivity contribution < 1.29 is 4.74 Å². The zero-order valence-corrected chi connectivity index (χ0v) is 32.5. The van der Waals surface area contributed by atoms with E-state index in [1.165, 1.54) is 39.8 Å². The van der Waals surface area contributed by atoms with Gasteiger partial charge in [0.25, 0.3) is 0 Å². The SMILES string of the molecule is CC(C)(C)c1ccc(Oc2ccc3c(c2)C(C)(C)C2=CC4C(c5ccccc5)CC([Si](C)(C)N(C(C)(C)C)C(C)(C)C)C4C=C23)cc1. The highest BCUT2D eigenvalue weighted by atomic mass is 28.3. The fourth-order valence-corrected chi connectivity index (χ4v) is 16.2. The van der Waals surface area contributed by atoms with Crippen molar-refractivity contribution in [2.24, 2.45) is 11.8 Å². The van der Waals surface area contributed by atoms with E-state index >= 15 is 0 Å². The van der Waals surface area contributed by atoms with E-state index in [1.807, 2.05) is 0 Å². The summed E-state index contributed by atoms with van der Waals surface area (Å²) in [7, 11) is -1.95. The van der Waals surface area contributed by atoms with Crippen molar-refractivity contribution in [3.8, 4) is 11.5 Å². The molecule has 3 aliphatic carbocycles. The van der Waals surface area contributed by atoms with E-state index in [0.29, 0.717) is 23.3 Å². The second-order valence-corrected chi connectivity index (χ2v) is 23.2. The van der Waals surface area contributed by atoms with Gasteiger partial charge in [-0.2, -0.15) is 0 Å². The van der Waals surface area contributed by atoms with Crippen LogP contribution in [0.25, 0.3) is 5.57 Å². The molecule has 0 aliphatic heterocycles. The molecule has 0 N–H and O–H groups in total. The molecule has 3 aliphatic rings. The van der Waals surface area contributed by atoms with Gasteiger partial charge < -0.3 is 9.30 Å². The Balaban J connectivity index is 1.41. The second-order valence-electron chi connectivity index (χ2n) is 18.7. The van der Waals surface area contributed by atoms with Crippen LogP contribution >= 0.6 is 0 Å². The van der Waals surface area contributed by atoms with Crippen LogP contribution in [0.15, 0.2) is 90.5 Å². The third kappa shape index (κ3) is 6.01. The number of hydrogen-bond donors (Lipinski definition) is 0. The minimum atomic E-state index is -1.95. The molecular formula is C44H59NOSi. The van der Waals surface area contributed by atoms with Crippen LogP contribution in [0.2, 0.25) is 18.6 Å². The van der Waals surface area contributed by atoms with Crippen molar-refractivity contribution in [3.05, 3.63) is 113 Å².